The predicted molar refractivity (Wildman–Crippen MR) is 137 cm³/mol. The second-order valence-electron chi connectivity index (χ2n) is 8.78. The van der Waals surface area contributed by atoms with Gasteiger partial charge >= 0.3 is 0 Å². The minimum Gasteiger partial charge on any atom is -0.497 e. The molecule has 1 aliphatic heterocycles. The fourth-order valence-corrected chi connectivity index (χ4v) is 4.07. The van der Waals surface area contributed by atoms with Crippen LogP contribution in [-0.4, -0.2) is 35.7 Å². The molecule has 9 nitrogen and oxygen atoms in total. The van der Waals surface area contributed by atoms with Crippen LogP contribution in [0.3, 0.4) is 0 Å². The van der Waals surface area contributed by atoms with Gasteiger partial charge < -0.3 is 24.1 Å². The van der Waals surface area contributed by atoms with Crippen LogP contribution in [-0.2, 0) is 16.2 Å². The number of anilines is 2. The maximum atomic E-state index is 12.9. The first-order valence-electron chi connectivity index (χ1n) is 11.9. The quantitative estimate of drug-likeness (QED) is 0.378. The fraction of sp³-hybridized carbons (Fsp3) is 0.214. The predicted octanol–water partition coefficient (Wildman–Crippen LogP) is 4.62. The van der Waals surface area contributed by atoms with Crippen LogP contribution in [0.25, 0.3) is 11.5 Å². The molecule has 3 aromatic carbocycles. The normalized spacial score (nSPS) is 15.0. The van der Waals surface area contributed by atoms with Crippen molar-refractivity contribution in [1.82, 2.24) is 10.2 Å². The van der Waals surface area contributed by atoms with Gasteiger partial charge in [-0.2, -0.15) is 0 Å². The van der Waals surface area contributed by atoms with Crippen molar-refractivity contribution < 1.29 is 23.5 Å². The molecule has 1 fully saturated rings. The third-order valence-electron chi connectivity index (χ3n) is 6.11. The van der Waals surface area contributed by atoms with E-state index in [1.807, 2.05) is 43.3 Å². The van der Waals surface area contributed by atoms with Crippen molar-refractivity contribution in [3.05, 3.63) is 84.3 Å². The first-order valence-corrected chi connectivity index (χ1v) is 11.9. The van der Waals surface area contributed by atoms with Crippen LogP contribution in [0.5, 0.6) is 11.5 Å². The summed E-state index contributed by atoms with van der Waals surface area (Å²) in [5.41, 5.74) is 3.30. The van der Waals surface area contributed by atoms with Crippen LogP contribution in [0.1, 0.15) is 17.9 Å². The maximum Gasteiger partial charge on any atom is 0.254 e. The lowest BCUT2D eigenvalue weighted by Gasteiger charge is -2.17. The summed E-state index contributed by atoms with van der Waals surface area (Å²) in [5, 5.41) is 11.0. The van der Waals surface area contributed by atoms with E-state index in [2.05, 4.69) is 15.5 Å². The molecule has 4 aromatic rings. The zero-order valence-corrected chi connectivity index (χ0v) is 20.5. The molecule has 1 N–H and O–H groups in total. The van der Waals surface area contributed by atoms with Crippen molar-refractivity contribution in [3.63, 3.8) is 0 Å². The summed E-state index contributed by atoms with van der Waals surface area (Å²) in [4.78, 5) is 27.1. The summed E-state index contributed by atoms with van der Waals surface area (Å²) in [7, 11) is 1.59. The van der Waals surface area contributed by atoms with Crippen LogP contribution in [0.4, 0.5) is 11.4 Å². The summed E-state index contributed by atoms with van der Waals surface area (Å²) in [6, 6.07) is 22.0. The molecule has 2 amide bonds. The number of ether oxygens (including phenoxy) is 2. The average molecular weight is 499 g/mol. The molecule has 188 valence electrons. The Kier molecular flexibility index (Phi) is 6.85. The summed E-state index contributed by atoms with van der Waals surface area (Å²) >= 11 is 0. The lowest BCUT2D eigenvalue weighted by atomic mass is 10.1. The largest absolute Gasteiger partial charge is 0.497 e. The highest BCUT2D eigenvalue weighted by atomic mass is 16.5. The number of hydrogen-bond donors (Lipinski definition) is 1. The number of aromatic nitrogens is 2. The Balaban J connectivity index is 1.17. The molecule has 9 heteroatoms. The van der Waals surface area contributed by atoms with E-state index in [-0.39, 0.29) is 24.8 Å². The number of benzene rings is 3. The number of carbonyl (C=O) groups is 2. The number of aryl methyl sites for hydroxylation is 1. The van der Waals surface area contributed by atoms with Crippen molar-refractivity contribution in [2.24, 2.45) is 5.92 Å². The number of nitrogens with one attached hydrogen (secondary N) is 1. The molecule has 0 radical (unpaired) electrons. The molecule has 0 bridgehead atoms. The molecule has 5 rings (SSSR count). The Hall–Kier alpha value is -4.66. The molecule has 1 unspecified atom stereocenters. The number of carbonyl (C=O) groups excluding carboxylic acids is 2. The van der Waals surface area contributed by atoms with Gasteiger partial charge in [0.15, 0.2) is 6.61 Å². The number of amides is 2. The first-order chi connectivity index (χ1) is 18.0. The van der Waals surface area contributed by atoms with E-state index in [1.165, 1.54) is 0 Å². The number of hydrogen-bond acceptors (Lipinski definition) is 7. The molecule has 37 heavy (non-hydrogen) atoms. The van der Waals surface area contributed by atoms with Crippen LogP contribution in [0.15, 0.2) is 77.2 Å². The van der Waals surface area contributed by atoms with Crippen LogP contribution in [0, 0.1) is 12.8 Å². The molecule has 1 atom stereocenters. The molecule has 0 spiro atoms. The molecular weight excluding hydrogens is 472 g/mol. The zero-order valence-electron chi connectivity index (χ0n) is 20.5. The smallest absolute Gasteiger partial charge is 0.254 e. The van der Waals surface area contributed by atoms with Gasteiger partial charge in [-0.25, -0.2) is 0 Å². The zero-order chi connectivity index (χ0) is 25.8. The Morgan fingerprint density at radius 1 is 1.05 bits per heavy atom. The van der Waals surface area contributed by atoms with Gasteiger partial charge in [-0.3, -0.25) is 9.59 Å². The van der Waals surface area contributed by atoms with E-state index in [9.17, 15) is 9.59 Å². The highest BCUT2D eigenvalue weighted by molar-refractivity contribution is 6.03. The molecule has 1 aromatic heterocycles. The Morgan fingerprint density at radius 3 is 2.59 bits per heavy atom. The van der Waals surface area contributed by atoms with Gasteiger partial charge in [0, 0.05) is 36.0 Å². The average Bonchev–Trinajstić information content (AvgIpc) is 3.55. The number of methoxy groups -OCH3 is 1. The molecular formula is C28H26N4O5. The van der Waals surface area contributed by atoms with Crippen LogP contribution in [0.2, 0.25) is 0 Å². The monoisotopic (exact) mass is 498 g/mol. The van der Waals surface area contributed by atoms with Crippen molar-refractivity contribution in [3.8, 4) is 23.0 Å². The topological polar surface area (TPSA) is 107 Å². The van der Waals surface area contributed by atoms with Crippen LogP contribution >= 0.6 is 0 Å². The van der Waals surface area contributed by atoms with Crippen molar-refractivity contribution in [2.45, 2.75) is 20.0 Å². The van der Waals surface area contributed by atoms with Gasteiger partial charge in [0.05, 0.1) is 13.0 Å². The minimum absolute atomic E-state index is 0.0875. The Bertz CT molecular complexity index is 1400. The van der Waals surface area contributed by atoms with E-state index in [1.54, 1.807) is 48.4 Å². The van der Waals surface area contributed by atoms with Gasteiger partial charge in [0.25, 0.3) is 5.89 Å². The third-order valence-corrected chi connectivity index (χ3v) is 6.11. The van der Waals surface area contributed by atoms with E-state index in [0.29, 0.717) is 35.5 Å². The highest BCUT2D eigenvalue weighted by Gasteiger charge is 2.35. The van der Waals surface area contributed by atoms with Crippen molar-refractivity contribution in [1.29, 1.82) is 0 Å². The van der Waals surface area contributed by atoms with Gasteiger partial charge in [0.1, 0.15) is 11.5 Å². The van der Waals surface area contributed by atoms with Crippen molar-refractivity contribution in [2.75, 3.05) is 23.9 Å². The summed E-state index contributed by atoms with van der Waals surface area (Å²) in [5.74, 6) is 1.24. The van der Waals surface area contributed by atoms with Gasteiger partial charge in [-0.1, -0.05) is 23.8 Å². The molecule has 1 aliphatic rings. The number of nitrogens with zero attached hydrogens (tertiary/aromatic N) is 3. The summed E-state index contributed by atoms with van der Waals surface area (Å²) in [6.45, 7) is 2.41. The van der Waals surface area contributed by atoms with E-state index >= 15 is 0 Å². The lowest BCUT2D eigenvalue weighted by molar-refractivity contribution is -0.122. The summed E-state index contributed by atoms with van der Waals surface area (Å²) < 4.78 is 16.7. The Labute approximate surface area is 214 Å². The van der Waals surface area contributed by atoms with Crippen LogP contribution < -0.4 is 19.7 Å². The maximum absolute atomic E-state index is 12.9. The summed E-state index contributed by atoms with van der Waals surface area (Å²) in [6.07, 6.45) is 0.147. The first kappa shape index (κ1) is 24.1. The van der Waals surface area contributed by atoms with Gasteiger partial charge in [-0.15, -0.1) is 10.2 Å². The SMILES string of the molecule is COc1ccc(N2CC(C(=O)Nc3cccc(OCc4nnc(-c5ccc(C)cc5)o4)c3)CC2=O)cc1. The second kappa shape index (κ2) is 10.5. The minimum atomic E-state index is -0.460. The fourth-order valence-electron chi connectivity index (χ4n) is 4.07. The second-order valence-corrected chi connectivity index (χ2v) is 8.78. The molecule has 0 aliphatic carbocycles. The van der Waals surface area contributed by atoms with E-state index in [0.717, 1.165) is 16.8 Å². The number of rotatable bonds is 8. The Morgan fingerprint density at radius 2 is 1.84 bits per heavy atom. The van der Waals surface area contributed by atoms with Crippen molar-refractivity contribution >= 4 is 23.2 Å². The van der Waals surface area contributed by atoms with E-state index in [4.69, 9.17) is 13.9 Å². The molecule has 1 saturated heterocycles. The third kappa shape index (κ3) is 5.61. The van der Waals surface area contributed by atoms with Gasteiger partial charge in [0.2, 0.25) is 17.7 Å². The lowest BCUT2D eigenvalue weighted by Crippen LogP contribution is -2.28. The standard InChI is InChI=1S/C28H26N4O5/c1-18-6-8-19(9-7-18)28-31-30-25(37-28)17-36-24-5-3-4-21(15-24)29-27(34)20-14-26(33)32(16-20)22-10-12-23(35-2)13-11-22/h3-13,15,20H,14,16-17H2,1-2H3,(H,29,34). The molecule has 2 heterocycles. The highest BCUT2D eigenvalue weighted by Crippen LogP contribution is 2.28. The van der Waals surface area contributed by atoms with E-state index < -0.39 is 5.92 Å². The molecule has 0 saturated carbocycles. The van der Waals surface area contributed by atoms with Gasteiger partial charge in [-0.05, 0) is 55.5 Å².